The van der Waals surface area contributed by atoms with Crippen LogP contribution in [0.1, 0.15) is 25.7 Å². The highest BCUT2D eigenvalue weighted by Crippen LogP contribution is 2.27. The molecular formula is C13H24N2O2. The Bertz CT molecular complexity index is 256. The lowest BCUT2D eigenvalue weighted by Gasteiger charge is -2.40. The van der Waals surface area contributed by atoms with Crippen LogP contribution in [-0.2, 0) is 9.47 Å². The van der Waals surface area contributed by atoms with E-state index in [2.05, 4.69) is 4.90 Å². The summed E-state index contributed by atoms with van der Waals surface area (Å²) in [5, 5.41) is 0. The Balaban J connectivity index is 1.56. The zero-order valence-electron chi connectivity index (χ0n) is 10.5. The molecule has 3 saturated heterocycles. The Hall–Kier alpha value is -0.160. The maximum absolute atomic E-state index is 6.37. The van der Waals surface area contributed by atoms with Crippen molar-refractivity contribution in [3.63, 3.8) is 0 Å². The number of nitrogens with zero attached hydrogens (tertiary/aromatic N) is 1. The van der Waals surface area contributed by atoms with Gasteiger partial charge in [0.1, 0.15) is 0 Å². The van der Waals surface area contributed by atoms with Crippen molar-refractivity contribution in [3.05, 3.63) is 0 Å². The fourth-order valence-electron chi connectivity index (χ4n) is 3.45. The average molecular weight is 240 g/mol. The number of nitrogens with two attached hydrogens (primary N) is 1. The Morgan fingerprint density at radius 1 is 1.18 bits per heavy atom. The molecule has 4 heteroatoms. The molecule has 3 heterocycles. The van der Waals surface area contributed by atoms with Gasteiger partial charge in [0.2, 0.25) is 0 Å². The van der Waals surface area contributed by atoms with Crippen molar-refractivity contribution < 1.29 is 9.47 Å². The van der Waals surface area contributed by atoms with E-state index in [0.29, 0.717) is 12.0 Å². The van der Waals surface area contributed by atoms with Gasteiger partial charge in [0.05, 0.1) is 19.3 Å². The highest BCUT2D eigenvalue weighted by Gasteiger charge is 2.37. The number of ether oxygens (including phenoxy) is 2. The molecular weight excluding hydrogens is 216 g/mol. The van der Waals surface area contributed by atoms with Gasteiger partial charge in [-0.3, -0.25) is 4.90 Å². The maximum Gasteiger partial charge on any atom is 0.0857 e. The van der Waals surface area contributed by atoms with Gasteiger partial charge in [0, 0.05) is 31.2 Å². The van der Waals surface area contributed by atoms with Gasteiger partial charge in [-0.05, 0) is 32.2 Å². The first-order chi connectivity index (χ1) is 8.34. The quantitative estimate of drug-likeness (QED) is 0.768. The molecule has 17 heavy (non-hydrogen) atoms. The van der Waals surface area contributed by atoms with E-state index in [1.807, 2.05) is 0 Å². The molecule has 0 aromatic carbocycles. The van der Waals surface area contributed by atoms with Crippen molar-refractivity contribution in [3.8, 4) is 0 Å². The molecule has 0 amide bonds. The molecule has 0 aromatic heterocycles. The Kier molecular flexibility index (Phi) is 3.66. The Morgan fingerprint density at radius 2 is 2.12 bits per heavy atom. The monoisotopic (exact) mass is 240 g/mol. The van der Waals surface area contributed by atoms with E-state index in [0.717, 1.165) is 32.8 Å². The lowest BCUT2D eigenvalue weighted by Crippen LogP contribution is -2.56. The van der Waals surface area contributed by atoms with Gasteiger partial charge in [0.25, 0.3) is 0 Å². The maximum atomic E-state index is 6.37. The molecule has 3 rings (SSSR count). The zero-order valence-corrected chi connectivity index (χ0v) is 10.5. The molecule has 3 aliphatic rings. The minimum absolute atomic E-state index is 0.150. The van der Waals surface area contributed by atoms with Crippen molar-refractivity contribution in [2.45, 2.75) is 43.9 Å². The van der Waals surface area contributed by atoms with Gasteiger partial charge < -0.3 is 15.2 Å². The number of rotatable bonds is 2. The Labute approximate surface area is 103 Å². The van der Waals surface area contributed by atoms with Crippen molar-refractivity contribution in [1.82, 2.24) is 4.90 Å². The number of fused-ring (bicyclic) bond motifs is 1. The second-order valence-corrected chi connectivity index (χ2v) is 5.72. The second-order valence-electron chi connectivity index (χ2n) is 5.72. The normalized spacial score (nSPS) is 41.1. The van der Waals surface area contributed by atoms with Gasteiger partial charge in [-0.1, -0.05) is 0 Å². The lowest BCUT2D eigenvalue weighted by molar-refractivity contribution is -0.0784. The fourth-order valence-corrected chi connectivity index (χ4v) is 3.45. The summed E-state index contributed by atoms with van der Waals surface area (Å²) in [6, 6.07) is 0.818. The molecule has 4 nitrogen and oxygen atoms in total. The molecule has 0 spiro atoms. The van der Waals surface area contributed by atoms with Crippen LogP contribution >= 0.6 is 0 Å². The summed E-state index contributed by atoms with van der Waals surface area (Å²) in [4.78, 5) is 2.57. The SMILES string of the molecule is NC(C1CCCOC1)C1CN2CCCC2CO1. The van der Waals surface area contributed by atoms with Crippen molar-refractivity contribution in [1.29, 1.82) is 0 Å². The molecule has 0 radical (unpaired) electrons. The van der Waals surface area contributed by atoms with Gasteiger partial charge in [-0.15, -0.1) is 0 Å². The van der Waals surface area contributed by atoms with E-state index in [1.54, 1.807) is 0 Å². The third-order valence-electron chi connectivity index (χ3n) is 4.59. The van der Waals surface area contributed by atoms with Crippen LogP contribution < -0.4 is 5.73 Å². The first-order valence-corrected chi connectivity index (χ1v) is 7.03. The molecule has 2 N–H and O–H groups in total. The van der Waals surface area contributed by atoms with Gasteiger partial charge in [-0.2, -0.15) is 0 Å². The average Bonchev–Trinajstić information content (AvgIpc) is 2.86. The van der Waals surface area contributed by atoms with Crippen molar-refractivity contribution in [2.75, 3.05) is 32.9 Å². The van der Waals surface area contributed by atoms with Crippen LogP contribution in [0.5, 0.6) is 0 Å². The summed E-state index contributed by atoms with van der Waals surface area (Å²) in [5.41, 5.74) is 6.37. The molecule has 3 aliphatic heterocycles. The largest absolute Gasteiger partial charge is 0.381 e. The van der Waals surface area contributed by atoms with E-state index in [-0.39, 0.29) is 12.1 Å². The number of hydrogen-bond acceptors (Lipinski definition) is 4. The minimum atomic E-state index is 0.150. The van der Waals surface area contributed by atoms with Gasteiger partial charge >= 0.3 is 0 Å². The van der Waals surface area contributed by atoms with Gasteiger partial charge in [-0.25, -0.2) is 0 Å². The number of hydrogen-bond donors (Lipinski definition) is 1. The standard InChI is InChI=1S/C13H24N2O2/c14-13(10-3-2-6-16-8-10)12-7-15-5-1-4-11(15)9-17-12/h10-13H,1-9,14H2. The van der Waals surface area contributed by atoms with Crippen LogP contribution in [0.25, 0.3) is 0 Å². The molecule has 0 aromatic rings. The zero-order chi connectivity index (χ0) is 11.7. The highest BCUT2D eigenvalue weighted by atomic mass is 16.5. The topological polar surface area (TPSA) is 47.7 Å². The molecule has 0 saturated carbocycles. The van der Waals surface area contributed by atoms with Crippen LogP contribution in [0.2, 0.25) is 0 Å². The first-order valence-electron chi connectivity index (χ1n) is 7.03. The van der Waals surface area contributed by atoms with Crippen molar-refractivity contribution in [2.24, 2.45) is 11.7 Å². The van der Waals surface area contributed by atoms with Gasteiger partial charge in [0.15, 0.2) is 0 Å². The van der Waals surface area contributed by atoms with E-state index >= 15 is 0 Å². The molecule has 0 aliphatic carbocycles. The summed E-state index contributed by atoms with van der Waals surface area (Å²) in [5.74, 6) is 0.493. The van der Waals surface area contributed by atoms with E-state index in [4.69, 9.17) is 15.2 Å². The molecule has 4 unspecified atom stereocenters. The summed E-state index contributed by atoms with van der Waals surface area (Å²) < 4.78 is 11.5. The Morgan fingerprint density at radius 3 is 2.94 bits per heavy atom. The van der Waals surface area contributed by atoms with Crippen LogP contribution in [0.15, 0.2) is 0 Å². The second kappa shape index (κ2) is 5.22. The molecule has 0 bridgehead atoms. The lowest BCUT2D eigenvalue weighted by atomic mass is 9.90. The smallest absolute Gasteiger partial charge is 0.0857 e. The van der Waals surface area contributed by atoms with Crippen LogP contribution in [0.3, 0.4) is 0 Å². The van der Waals surface area contributed by atoms with E-state index in [9.17, 15) is 0 Å². The predicted octanol–water partition coefficient (Wildman–Crippen LogP) is 0.603. The first kappa shape index (κ1) is 11.9. The van der Waals surface area contributed by atoms with Crippen LogP contribution in [-0.4, -0.2) is 56.0 Å². The summed E-state index contributed by atoms with van der Waals surface area (Å²) in [6.45, 7) is 4.88. The summed E-state index contributed by atoms with van der Waals surface area (Å²) >= 11 is 0. The molecule has 98 valence electrons. The highest BCUT2D eigenvalue weighted by molar-refractivity contribution is 4.91. The van der Waals surface area contributed by atoms with Crippen LogP contribution in [0.4, 0.5) is 0 Å². The van der Waals surface area contributed by atoms with Crippen molar-refractivity contribution >= 4 is 0 Å². The summed E-state index contributed by atoms with van der Waals surface area (Å²) in [7, 11) is 0. The van der Waals surface area contributed by atoms with E-state index in [1.165, 1.54) is 25.8 Å². The minimum Gasteiger partial charge on any atom is -0.381 e. The number of morpholine rings is 1. The van der Waals surface area contributed by atoms with E-state index < -0.39 is 0 Å². The third kappa shape index (κ3) is 2.50. The fraction of sp³-hybridized carbons (Fsp3) is 1.00. The molecule has 4 atom stereocenters. The van der Waals surface area contributed by atoms with Crippen LogP contribution in [0, 0.1) is 5.92 Å². The molecule has 3 fully saturated rings. The third-order valence-corrected chi connectivity index (χ3v) is 4.59. The summed E-state index contributed by atoms with van der Waals surface area (Å²) in [6.07, 6.45) is 5.19. The predicted molar refractivity (Wildman–Crippen MR) is 65.9 cm³/mol.